The van der Waals surface area contributed by atoms with Gasteiger partial charge in [0.05, 0.1) is 6.20 Å². The zero-order valence-corrected chi connectivity index (χ0v) is 8.94. The van der Waals surface area contributed by atoms with Crippen LogP contribution in [0.4, 0.5) is 0 Å². The maximum atomic E-state index is 11.0. The third-order valence-electron chi connectivity index (χ3n) is 2.39. The van der Waals surface area contributed by atoms with Gasteiger partial charge in [0.1, 0.15) is 12.3 Å². The molecule has 0 aromatic carbocycles. The van der Waals surface area contributed by atoms with Crippen molar-refractivity contribution in [3.8, 4) is 0 Å². The maximum absolute atomic E-state index is 11.0. The average molecular weight is 228 g/mol. The molecule has 0 amide bonds. The number of hydrogen-bond donors (Lipinski definition) is 1. The smallest absolute Gasteiger partial charge is 0.321 e. The molecule has 6 heteroatoms. The summed E-state index contributed by atoms with van der Waals surface area (Å²) in [6.07, 6.45) is 3.18. The third kappa shape index (κ3) is 2.51. The Balaban J connectivity index is 2.02. The average Bonchev–Trinajstić information content (AvgIpc) is 2.71. The summed E-state index contributed by atoms with van der Waals surface area (Å²) in [5.74, 6) is 0.883. The predicted molar refractivity (Wildman–Crippen MR) is 55.7 cm³/mol. The Morgan fingerprint density at radius 1 is 1.80 bits per heavy atom. The van der Waals surface area contributed by atoms with Crippen molar-refractivity contribution in [1.82, 2.24) is 10.1 Å². The van der Waals surface area contributed by atoms with Gasteiger partial charge in [0.15, 0.2) is 0 Å². The maximum Gasteiger partial charge on any atom is 0.321 e. The molecule has 1 aromatic heterocycles. The molecule has 1 fully saturated rings. The lowest BCUT2D eigenvalue weighted by Gasteiger charge is -2.31. The molecule has 2 heterocycles. The van der Waals surface area contributed by atoms with Crippen LogP contribution in [0.5, 0.6) is 0 Å². The molecule has 1 aromatic rings. The van der Waals surface area contributed by atoms with Crippen LogP contribution >= 0.6 is 11.8 Å². The summed E-state index contributed by atoms with van der Waals surface area (Å²) < 4.78 is 4.72. The van der Waals surface area contributed by atoms with Crippen molar-refractivity contribution in [2.24, 2.45) is 0 Å². The Hall–Kier alpha value is -1.01. The van der Waals surface area contributed by atoms with Crippen molar-refractivity contribution < 1.29 is 14.4 Å². The highest BCUT2D eigenvalue weighted by molar-refractivity contribution is 7.99. The van der Waals surface area contributed by atoms with Crippen LogP contribution in [0, 0.1) is 0 Å². The van der Waals surface area contributed by atoms with E-state index < -0.39 is 12.0 Å². The Morgan fingerprint density at radius 2 is 2.67 bits per heavy atom. The number of carboxylic acid groups (broad SMARTS) is 1. The van der Waals surface area contributed by atoms with Crippen LogP contribution in [0.2, 0.25) is 0 Å². The highest BCUT2D eigenvalue weighted by Gasteiger charge is 2.28. The number of aliphatic carboxylic acids is 1. The van der Waals surface area contributed by atoms with E-state index in [-0.39, 0.29) is 0 Å². The first-order chi connectivity index (χ1) is 7.27. The van der Waals surface area contributed by atoms with Crippen LogP contribution in [0.3, 0.4) is 0 Å². The van der Waals surface area contributed by atoms with Crippen LogP contribution in [-0.4, -0.2) is 45.2 Å². The van der Waals surface area contributed by atoms with Crippen molar-refractivity contribution in [3.05, 3.63) is 18.0 Å². The van der Waals surface area contributed by atoms with Gasteiger partial charge in [-0.2, -0.15) is 11.8 Å². The predicted octanol–water partition coefficient (Wildman–Crippen LogP) is 0.677. The van der Waals surface area contributed by atoms with Crippen LogP contribution < -0.4 is 0 Å². The Bertz CT molecular complexity index is 328. The molecule has 1 aliphatic rings. The highest BCUT2D eigenvalue weighted by atomic mass is 32.2. The van der Waals surface area contributed by atoms with E-state index in [1.54, 1.807) is 24.2 Å². The molecular formula is C9H12N2O3S. The molecule has 0 spiro atoms. The molecule has 82 valence electrons. The highest BCUT2D eigenvalue weighted by Crippen LogP contribution is 2.18. The van der Waals surface area contributed by atoms with Gasteiger partial charge in [0.2, 0.25) is 0 Å². The van der Waals surface area contributed by atoms with E-state index in [9.17, 15) is 4.79 Å². The van der Waals surface area contributed by atoms with E-state index in [0.29, 0.717) is 12.3 Å². The second-order valence-electron chi connectivity index (χ2n) is 3.43. The van der Waals surface area contributed by atoms with Crippen molar-refractivity contribution in [1.29, 1.82) is 0 Å². The number of hydrogen-bond acceptors (Lipinski definition) is 5. The standard InChI is InChI=1S/C9H12N2O3S/c12-9(13)8-6-15-2-1-11(8)4-7-3-10-14-5-7/h3,5,8H,1-2,4,6H2,(H,12,13). The van der Waals surface area contributed by atoms with E-state index in [4.69, 9.17) is 9.63 Å². The van der Waals surface area contributed by atoms with E-state index in [2.05, 4.69) is 5.16 Å². The van der Waals surface area contributed by atoms with Crippen LogP contribution in [-0.2, 0) is 11.3 Å². The van der Waals surface area contributed by atoms with Crippen LogP contribution in [0.1, 0.15) is 5.56 Å². The minimum absolute atomic E-state index is 0.390. The van der Waals surface area contributed by atoms with E-state index in [1.165, 1.54) is 0 Å². The van der Waals surface area contributed by atoms with Crippen LogP contribution in [0.25, 0.3) is 0 Å². The van der Waals surface area contributed by atoms with Gasteiger partial charge < -0.3 is 9.63 Å². The molecule has 5 nitrogen and oxygen atoms in total. The third-order valence-corrected chi connectivity index (χ3v) is 3.42. The van der Waals surface area contributed by atoms with E-state index >= 15 is 0 Å². The van der Waals surface area contributed by atoms with E-state index in [0.717, 1.165) is 17.9 Å². The molecule has 15 heavy (non-hydrogen) atoms. The Labute approximate surface area is 91.4 Å². The van der Waals surface area contributed by atoms with Crippen molar-refractivity contribution in [3.63, 3.8) is 0 Å². The fourth-order valence-electron chi connectivity index (χ4n) is 1.59. The second kappa shape index (κ2) is 4.67. The zero-order valence-electron chi connectivity index (χ0n) is 8.13. The number of carboxylic acids is 1. The van der Waals surface area contributed by atoms with Gasteiger partial charge in [0.25, 0.3) is 0 Å². The quantitative estimate of drug-likeness (QED) is 0.820. The SMILES string of the molecule is O=C(O)C1CSCCN1Cc1cnoc1. The van der Waals surface area contributed by atoms with Crippen molar-refractivity contribution >= 4 is 17.7 Å². The molecule has 0 radical (unpaired) electrons. The lowest BCUT2D eigenvalue weighted by Crippen LogP contribution is -2.46. The zero-order chi connectivity index (χ0) is 10.7. The molecule has 1 atom stereocenters. The second-order valence-corrected chi connectivity index (χ2v) is 4.58. The first-order valence-corrected chi connectivity index (χ1v) is 5.85. The summed E-state index contributed by atoms with van der Waals surface area (Å²) in [6.45, 7) is 1.40. The fourth-order valence-corrected chi connectivity index (χ4v) is 2.70. The molecule has 0 saturated carbocycles. The van der Waals surface area contributed by atoms with E-state index in [1.807, 2.05) is 4.90 Å². The van der Waals surface area contributed by atoms with Gasteiger partial charge in [-0.15, -0.1) is 0 Å². The lowest BCUT2D eigenvalue weighted by molar-refractivity contribution is -0.142. The number of aromatic nitrogens is 1. The van der Waals surface area contributed by atoms with Gasteiger partial charge in [-0.3, -0.25) is 9.69 Å². The first-order valence-electron chi connectivity index (χ1n) is 4.70. The number of nitrogens with zero attached hydrogens (tertiary/aromatic N) is 2. The largest absolute Gasteiger partial charge is 0.480 e. The van der Waals surface area contributed by atoms with Crippen LogP contribution in [0.15, 0.2) is 17.0 Å². The summed E-state index contributed by atoms with van der Waals surface area (Å²) in [5.41, 5.74) is 0.924. The Morgan fingerprint density at radius 3 is 3.33 bits per heavy atom. The molecule has 1 aliphatic heterocycles. The number of rotatable bonds is 3. The normalized spacial score (nSPS) is 22.8. The minimum atomic E-state index is -0.751. The summed E-state index contributed by atoms with van der Waals surface area (Å²) >= 11 is 1.69. The van der Waals surface area contributed by atoms with Gasteiger partial charge in [-0.1, -0.05) is 5.16 Å². The molecule has 0 bridgehead atoms. The monoisotopic (exact) mass is 228 g/mol. The molecule has 1 saturated heterocycles. The summed E-state index contributed by atoms with van der Waals surface area (Å²) in [4.78, 5) is 12.9. The Kier molecular flexibility index (Phi) is 3.27. The van der Waals surface area contributed by atoms with Gasteiger partial charge in [0, 0.05) is 30.2 Å². The molecule has 0 aliphatic carbocycles. The van der Waals surface area contributed by atoms with Gasteiger partial charge in [-0.05, 0) is 0 Å². The summed E-state index contributed by atoms with van der Waals surface area (Å²) in [5, 5.41) is 12.6. The number of thioether (sulfide) groups is 1. The lowest BCUT2D eigenvalue weighted by atomic mass is 10.2. The molecule has 2 rings (SSSR count). The van der Waals surface area contributed by atoms with Crippen molar-refractivity contribution in [2.75, 3.05) is 18.1 Å². The molecule has 1 unspecified atom stereocenters. The minimum Gasteiger partial charge on any atom is -0.480 e. The first kappa shape index (κ1) is 10.5. The summed E-state index contributed by atoms with van der Waals surface area (Å²) in [6, 6.07) is -0.390. The van der Waals surface area contributed by atoms with Crippen molar-refractivity contribution in [2.45, 2.75) is 12.6 Å². The summed E-state index contributed by atoms with van der Waals surface area (Å²) in [7, 11) is 0. The van der Waals surface area contributed by atoms with Gasteiger partial charge in [-0.25, -0.2) is 0 Å². The molecular weight excluding hydrogens is 216 g/mol. The molecule has 1 N–H and O–H groups in total. The number of carbonyl (C=O) groups is 1. The fraction of sp³-hybridized carbons (Fsp3) is 0.556. The topological polar surface area (TPSA) is 66.6 Å². The van der Waals surface area contributed by atoms with Gasteiger partial charge >= 0.3 is 5.97 Å².